The Hall–Kier alpha value is -2.99. The fourth-order valence-corrected chi connectivity index (χ4v) is 4.06. The summed E-state index contributed by atoms with van der Waals surface area (Å²) in [5, 5.41) is 1.82. The van der Waals surface area contributed by atoms with Gasteiger partial charge in [-0.15, -0.1) is 0 Å². The van der Waals surface area contributed by atoms with Crippen LogP contribution in [0.1, 0.15) is 18.1 Å². The average molecular weight is 392 g/mol. The van der Waals surface area contributed by atoms with E-state index in [9.17, 15) is 4.79 Å². The minimum atomic E-state index is -0.324. The van der Waals surface area contributed by atoms with E-state index in [0.29, 0.717) is 11.3 Å². The quantitative estimate of drug-likeness (QED) is 0.347. The number of ether oxygens (including phenoxy) is 1. The van der Waals surface area contributed by atoms with E-state index in [4.69, 9.17) is 9.15 Å². The summed E-state index contributed by atoms with van der Waals surface area (Å²) in [7, 11) is 1.65. The van der Waals surface area contributed by atoms with Gasteiger partial charge in [0.2, 0.25) is 0 Å². The molecule has 0 aliphatic rings. The summed E-state index contributed by atoms with van der Waals surface area (Å²) in [4.78, 5) is 16.5. The second-order valence-corrected chi connectivity index (χ2v) is 7.28. The van der Waals surface area contributed by atoms with Gasteiger partial charge in [-0.05, 0) is 47.9 Å². The zero-order valence-corrected chi connectivity index (χ0v) is 16.5. The fraction of sp³-hybridized carbons (Fsp3) is 0.182. The van der Waals surface area contributed by atoms with Crippen LogP contribution in [-0.4, -0.2) is 16.7 Å². The first kappa shape index (κ1) is 18.4. The van der Waals surface area contributed by atoms with Crippen molar-refractivity contribution in [2.75, 3.05) is 7.11 Å². The predicted molar refractivity (Wildman–Crippen MR) is 112 cm³/mol. The maximum atomic E-state index is 12.0. The van der Waals surface area contributed by atoms with Crippen LogP contribution in [0, 0.1) is 0 Å². The molecule has 0 aliphatic carbocycles. The van der Waals surface area contributed by atoms with E-state index in [1.165, 1.54) is 0 Å². The van der Waals surface area contributed by atoms with Crippen molar-refractivity contribution in [1.29, 1.82) is 0 Å². The van der Waals surface area contributed by atoms with Crippen molar-refractivity contribution in [1.82, 2.24) is 9.55 Å². The summed E-state index contributed by atoms with van der Waals surface area (Å²) in [6.07, 6.45) is 4.60. The molecule has 0 saturated carbocycles. The Morgan fingerprint density at radius 2 is 1.96 bits per heavy atom. The van der Waals surface area contributed by atoms with Crippen LogP contribution in [0.5, 0.6) is 5.75 Å². The van der Waals surface area contributed by atoms with Gasteiger partial charge in [0, 0.05) is 35.3 Å². The smallest absolute Gasteiger partial charge is 0.336 e. The molecule has 0 saturated heterocycles. The Labute approximate surface area is 167 Å². The Balaban J connectivity index is 1.62. The van der Waals surface area contributed by atoms with E-state index in [2.05, 4.69) is 18.0 Å². The number of thioether (sulfide) groups is 1. The van der Waals surface area contributed by atoms with Gasteiger partial charge in [0.15, 0.2) is 5.16 Å². The molecule has 142 valence electrons. The first-order valence-corrected chi connectivity index (χ1v) is 10.0. The summed E-state index contributed by atoms with van der Waals surface area (Å²) in [5.41, 5.74) is 3.42. The average Bonchev–Trinajstić information content (AvgIpc) is 3.20. The molecule has 5 nitrogen and oxygen atoms in total. The molecule has 0 N–H and O–H groups in total. The first-order valence-electron chi connectivity index (χ1n) is 9.04. The third-order valence-corrected chi connectivity index (χ3v) is 5.63. The maximum absolute atomic E-state index is 12.0. The lowest BCUT2D eigenvalue weighted by atomic mass is 10.1. The first-order chi connectivity index (χ1) is 13.7. The molecule has 2 heterocycles. The van der Waals surface area contributed by atoms with Crippen LogP contribution < -0.4 is 10.4 Å². The molecule has 28 heavy (non-hydrogen) atoms. The van der Waals surface area contributed by atoms with Gasteiger partial charge in [-0.1, -0.05) is 30.8 Å². The molecule has 0 amide bonds. The molecule has 2 aromatic carbocycles. The molecule has 6 heteroatoms. The van der Waals surface area contributed by atoms with Crippen LogP contribution in [0.25, 0.3) is 16.7 Å². The standard InChI is InChI=1S/C22H20N2O3S/c1-3-15-4-9-19-16(13-21(25)27-20(19)12-15)14-28-22-23-10-11-24(22)17-5-7-18(26-2)8-6-17/h4-13H,3,14H2,1-2H3. The van der Waals surface area contributed by atoms with Crippen LogP contribution in [0.15, 0.2) is 75.3 Å². The van der Waals surface area contributed by atoms with E-state index in [1.807, 2.05) is 47.2 Å². The van der Waals surface area contributed by atoms with E-state index < -0.39 is 0 Å². The van der Waals surface area contributed by atoms with Gasteiger partial charge in [-0.3, -0.25) is 4.57 Å². The highest BCUT2D eigenvalue weighted by atomic mass is 32.2. The molecule has 0 spiro atoms. The van der Waals surface area contributed by atoms with E-state index in [-0.39, 0.29) is 5.63 Å². The Morgan fingerprint density at radius 3 is 2.71 bits per heavy atom. The third kappa shape index (κ3) is 3.68. The normalized spacial score (nSPS) is 11.1. The lowest BCUT2D eigenvalue weighted by Crippen LogP contribution is -2.01. The number of hydrogen-bond acceptors (Lipinski definition) is 5. The Bertz CT molecular complexity index is 1160. The summed E-state index contributed by atoms with van der Waals surface area (Å²) in [6.45, 7) is 2.08. The van der Waals surface area contributed by atoms with Gasteiger partial charge in [0.25, 0.3) is 0 Å². The lowest BCUT2D eigenvalue weighted by Gasteiger charge is -2.09. The van der Waals surface area contributed by atoms with E-state index in [1.54, 1.807) is 31.1 Å². The number of fused-ring (bicyclic) bond motifs is 1. The summed E-state index contributed by atoms with van der Waals surface area (Å²) in [5.74, 6) is 1.44. The number of aryl methyl sites for hydroxylation is 1. The number of nitrogens with zero attached hydrogens (tertiary/aromatic N) is 2. The molecular formula is C22H20N2O3S. The van der Waals surface area contributed by atoms with Crippen LogP contribution in [0.4, 0.5) is 0 Å². The second kappa shape index (κ2) is 7.94. The van der Waals surface area contributed by atoms with Crippen molar-refractivity contribution in [3.8, 4) is 11.4 Å². The van der Waals surface area contributed by atoms with Gasteiger partial charge >= 0.3 is 5.63 Å². The predicted octanol–water partition coefficient (Wildman–Crippen LogP) is 4.84. The third-order valence-electron chi connectivity index (χ3n) is 4.62. The largest absolute Gasteiger partial charge is 0.497 e. The van der Waals surface area contributed by atoms with Gasteiger partial charge in [0.05, 0.1) is 7.11 Å². The minimum Gasteiger partial charge on any atom is -0.497 e. The highest BCUT2D eigenvalue weighted by Crippen LogP contribution is 2.28. The van der Waals surface area contributed by atoms with Gasteiger partial charge in [-0.25, -0.2) is 9.78 Å². The van der Waals surface area contributed by atoms with Crippen LogP contribution >= 0.6 is 11.8 Å². The van der Waals surface area contributed by atoms with E-state index in [0.717, 1.165) is 39.5 Å². The van der Waals surface area contributed by atoms with Crippen molar-refractivity contribution in [2.45, 2.75) is 24.3 Å². The van der Waals surface area contributed by atoms with Gasteiger partial charge < -0.3 is 9.15 Å². The molecule has 0 radical (unpaired) electrons. The number of aromatic nitrogens is 2. The van der Waals surface area contributed by atoms with Crippen molar-refractivity contribution < 1.29 is 9.15 Å². The number of hydrogen-bond donors (Lipinski definition) is 0. The van der Waals surface area contributed by atoms with Crippen molar-refractivity contribution in [3.63, 3.8) is 0 Å². The highest BCUT2D eigenvalue weighted by molar-refractivity contribution is 7.98. The molecule has 0 bridgehead atoms. The monoisotopic (exact) mass is 392 g/mol. The minimum absolute atomic E-state index is 0.324. The van der Waals surface area contributed by atoms with Crippen molar-refractivity contribution in [2.24, 2.45) is 0 Å². The van der Waals surface area contributed by atoms with E-state index >= 15 is 0 Å². The van der Waals surface area contributed by atoms with Crippen molar-refractivity contribution in [3.05, 3.63) is 82.5 Å². The molecule has 0 unspecified atom stereocenters. The van der Waals surface area contributed by atoms with Crippen LogP contribution in [-0.2, 0) is 12.2 Å². The summed E-state index contributed by atoms with van der Waals surface area (Å²) < 4.78 is 12.6. The number of methoxy groups -OCH3 is 1. The molecule has 0 atom stereocenters. The van der Waals surface area contributed by atoms with Crippen molar-refractivity contribution >= 4 is 22.7 Å². The van der Waals surface area contributed by atoms with Crippen LogP contribution in [0.2, 0.25) is 0 Å². The molecule has 0 fully saturated rings. The molecule has 0 aliphatic heterocycles. The Kier molecular flexibility index (Phi) is 5.21. The molecule has 4 rings (SSSR count). The summed E-state index contributed by atoms with van der Waals surface area (Å²) in [6, 6.07) is 15.4. The SMILES string of the molecule is CCc1ccc2c(CSc3nccn3-c3ccc(OC)cc3)cc(=O)oc2c1. The lowest BCUT2D eigenvalue weighted by molar-refractivity contribution is 0.414. The number of rotatable bonds is 6. The molecule has 2 aromatic heterocycles. The highest BCUT2D eigenvalue weighted by Gasteiger charge is 2.10. The van der Waals surface area contributed by atoms with Gasteiger partial charge in [-0.2, -0.15) is 0 Å². The summed E-state index contributed by atoms with van der Waals surface area (Å²) >= 11 is 1.59. The zero-order valence-electron chi connectivity index (χ0n) is 15.7. The maximum Gasteiger partial charge on any atom is 0.336 e. The number of imidazole rings is 1. The topological polar surface area (TPSA) is 57.3 Å². The Morgan fingerprint density at radius 1 is 1.14 bits per heavy atom. The molecular weight excluding hydrogens is 372 g/mol. The fourth-order valence-electron chi connectivity index (χ4n) is 3.09. The molecule has 4 aromatic rings. The second-order valence-electron chi connectivity index (χ2n) is 6.34. The number of benzene rings is 2. The van der Waals surface area contributed by atoms with Crippen LogP contribution in [0.3, 0.4) is 0 Å². The van der Waals surface area contributed by atoms with Gasteiger partial charge in [0.1, 0.15) is 11.3 Å². The zero-order chi connectivity index (χ0) is 19.5.